The summed E-state index contributed by atoms with van der Waals surface area (Å²) in [5, 5.41) is 10.2. The van der Waals surface area contributed by atoms with Gasteiger partial charge in [0.2, 0.25) is 0 Å². The van der Waals surface area contributed by atoms with Gasteiger partial charge in [-0.2, -0.15) is 0 Å². The van der Waals surface area contributed by atoms with Crippen LogP contribution >= 0.6 is 0 Å². The van der Waals surface area contributed by atoms with Crippen LogP contribution in [0.5, 0.6) is 0 Å². The lowest BCUT2D eigenvalue weighted by Crippen LogP contribution is -2.47. The van der Waals surface area contributed by atoms with Gasteiger partial charge in [-0.25, -0.2) is 0 Å². The molecular formula is C16H24O2. The minimum absolute atomic E-state index is 0.150. The smallest absolute Gasteiger partial charge is 0.0640 e. The van der Waals surface area contributed by atoms with Crippen LogP contribution in [0.4, 0.5) is 0 Å². The molecule has 1 aliphatic rings. The van der Waals surface area contributed by atoms with Gasteiger partial charge < -0.3 is 9.84 Å². The first-order chi connectivity index (χ1) is 8.59. The van der Waals surface area contributed by atoms with Gasteiger partial charge in [0.05, 0.1) is 18.3 Å². The molecule has 0 saturated carbocycles. The summed E-state index contributed by atoms with van der Waals surface area (Å²) in [4.78, 5) is 0. The van der Waals surface area contributed by atoms with E-state index in [0.29, 0.717) is 0 Å². The van der Waals surface area contributed by atoms with E-state index in [0.717, 1.165) is 12.8 Å². The highest BCUT2D eigenvalue weighted by Gasteiger charge is 2.37. The van der Waals surface area contributed by atoms with Crippen molar-refractivity contribution in [1.29, 1.82) is 0 Å². The Morgan fingerprint density at radius 1 is 1.06 bits per heavy atom. The Balaban J connectivity index is 1.93. The minimum Gasteiger partial charge on any atom is -0.392 e. The van der Waals surface area contributed by atoms with Crippen molar-refractivity contribution in [1.82, 2.24) is 0 Å². The molecule has 0 amide bonds. The minimum atomic E-state index is -0.241. The van der Waals surface area contributed by atoms with Crippen molar-refractivity contribution in [3.8, 4) is 0 Å². The van der Waals surface area contributed by atoms with Crippen LogP contribution in [0.1, 0.15) is 32.8 Å². The molecule has 5 atom stereocenters. The number of hydrogen-bond acceptors (Lipinski definition) is 2. The molecule has 1 saturated heterocycles. The van der Waals surface area contributed by atoms with E-state index < -0.39 is 0 Å². The molecule has 18 heavy (non-hydrogen) atoms. The number of aryl methyl sites for hydroxylation is 1. The van der Waals surface area contributed by atoms with Crippen LogP contribution in [0.15, 0.2) is 30.3 Å². The zero-order chi connectivity index (χ0) is 13.1. The maximum atomic E-state index is 10.2. The highest BCUT2D eigenvalue weighted by atomic mass is 16.5. The molecule has 1 aliphatic heterocycles. The van der Waals surface area contributed by atoms with E-state index in [1.54, 1.807) is 0 Å². The van der Waals surface area contributed by atoms with Crippen LogP contribution in [0.2, 0.25) is 0 Å². The van der Waals surface area contributed by atoms with Crippen LogP contribution in [0.25, 0.3) is 0 Å². The van der Waals surface area contributed by atoms with Gasteiger partial charge >= 0.3 is 0 Å². The molecule has 1 aromatic carbocycles. The van der Waals surface area contributed by atoms with Crippen molar-refractivity contribution in [2.45, 2.75) is 51.9 Å². The lowest BCUT2D eigenvalue weighted by Gasteiger charge is -2.41. The van der Waals surface area contributed by atoms with Crippen molar-refractivity contribution < 1.29 is 9.84 Å². The van der Waals surface area contributed by atoms with Crippen LogP contribution < -0.4 is 0 Å². The van der Waals surface area contributed by atoms with E-state index >= 15 is 0 Å². The molecule has 1 fully saturated rings. The molecule has 0 aromatic heterocycles. The molecule has 100 valence electrons. The molecule has 0 aliphatic carbocycles. The summed E-state index contributed by atoms with van der Waals surface area (Å²) in [5.74, 6) is 0.452. The highest BCUT2D eigenvalue weighted by molar-refractivity contribution is 5.14. The van der Waals surface area contributed by atoms with Crippen LogP contribution in [-0.4, -0.2) is 23.4 Å². The molecule has 2 rings (SSSR count). The SMILES string of the molecule is C[C@@H]1[C@H](O)[C@H](C)[C@H](CCc2ccccc2)O[C@@H]1C. The Labute approximate surface area is 110 Å². The number of hydrogen-bond donors (Lipinski definition) is 1. The van der Waals surface area contributed by atoms with E-state index in [1.165, 1.54) is 5.56 Å². The number of benzene rings is 1. The van der Waals surface area contributed by atoms with Gasteiger partial charge in [0, 0.05) is 11.8 Å². The van der Waals surface area contributed by atoms with Gasteiger partial charge in [-0.15, -0.1) is 0 Å². The second-order valence-electron chi connectivity index (χ2n) is 5.61. The first kappa shape index (κ1) is 13.6. The largest absolute Gasteiger partial charge is 0.392 e. The summed E-state index contributed by atoms with van der Waals surface area (Å²) >= 11 is 0. The van der Waals surface area contributed by atoms with Crippen molar-refractivity contribution in [2.24, 2.45) is 11.8 Å². The molecule has 2 heteroatoms. The van der Waals surface area contributed by atoms with E-state index in [1.807, 2.05) is 6.07 Å². The van der Waals surface area contributed by atoms with Crippen molar-refractivity contribution in [3.05, 3.63) is 35.9 Å². The molecule has 0 spiro atoms. The molecule has 2 nitrogen and oxygen atoms in total. The van der Waals surface area contributed by atoms with E-state index in [9.17, 15) is 5.11 Å². The Morgan fingerprint density at radius 2 is 1.72 bits per heavy atom. The molecule has 0 bridgehead atoms. The van der Waals surface area contributed by atoms with Gasteiger partial charge in [0.25, 0.3) is 0 Å². The van der Waals surface area contributed by atoms with Crippen LogP contribution in [0, 0.1) is 11.8 Å². The second kappa shape index (κ2) is 5.85. The molecule has 0 unspecified atom stereocenters. The van der Waals surface area contributed by atoms with Gasteiger partial charge in [0.1, 0.15) is 0 Å². The second-order valence-corrected chi connectivity index (χ2v) is 5.61. The number of rotatable bonds is 3. The van der Waals surface area contributed by atoms with E-state index in [2.05, 4.69) is 45.0 Å². The molecule has 1 N–H and O–H groups in total. The summed E-state index contributed by atoms with van der Waals surface area (Å²) in [7, 11) is 0. The fraction of sp³-hybridized carbons (Fsp3) is 0.625. The molecule has 1 aromatic rings. The fourth-order valence-corrected chi connectivity index (χ4v) is 2.78. The molecule has 1 heterocycles. The maximum absolute atomic E-state index is 10.2. The quantitative estimate of drug-likeness (QED) is 0.891. The first-order valence-corrected chi connectivity index (χ1v) is 6.97. The summed E-state index contributed by atoms with van der Waals surface area (Å²) in [6, 6.07) is 10.5. The van der Waals surface area contributed by atoms with Gasteiger partial charge in [-0.1, -0.05) is 44.2 Å². The normalized spacial score (nSPS) is 36.6. The summed E-state index contributed by atoms with van der Waals surface area (Å²) in [6.45, 7) is 6.23. The maximum Gasteiger partial charge on any atom is 0.0640 e. The monoisotopic (exact) mass is 248 g/mol. The summed E-state index contributed by atoms with van der Waals surface area (Å²) < 4.78 is 6.04. The van der Waals surface area contributed by atoms with Gasteiger partial charge in [-0.05, 0) is 25.3 Å². The Morgan fingerprint density at radius 3 is 2.39 bits per heavy atom. The summed E-state index contributed by atoms with van der Waals surface area (Å²) in [6.07, 6.45) is 2.08. The average Bonchev–Trinajstić information content (AvgIpc) is 2.40. The first-order valence-electron chi connectivity index (χ1n) is 6.97. The average molecular weight is 248 g/mol. The van der Waals surface area contributed by atoms with Crippen molar-refractivity contribution in [2.75, 3.05) is 0 Å². The number of ether oxygens (including phenoxy) is 1. The number of aliphatic hydroxyl groups excluding tert-OH is 1. The lowest BCUT2D eigenvalue weighted by molar-refractivity contribution is -0.158. The predicted octanol–water partition coefficient (Wildman–Crippen LogP) is 3.04. The van der Waals surface area contributed by atoms with E-state index in [-0.39, 0.29) is 30.1 Å². The predicted molar refractivity (Wildman–Crippen MR) is 73.4 cm³/mol. The summed E-state index contributed by atoms with van der Waals surface area (Å²) in [5.41, 5.74) is 1.34. The van der Waals surface area contributed by atoms with E-state index in [4.69, 9.17) is 4.74 Å². The highest BCUT2D eigenvalue weighted by Crippen LogP contribution is 2.31. The lowest BCUT2D eigenvalue weighted by atomic mass is 9.81. The third-order valence-corrected chi connectivity index (χ3v) is 4.35. The standard InChI is InChI=1S/C16H24O2/c1-11-13(3)18-15(12(2)16(11)17)10-9-14-7-5-4-6-8-14/h4-8,11-13,15-17H,9-10H2,1-3H3/t11-,12+,13+,15-,16-/m0/s1. The molecular weight excluding hydrogens is 224 g/mol. The van der Waals surface area contributed by atoms with Crippen LogP contribution in [0.3, 0.4) is 0 Å². The topological polar surface area (TPSA) is 29.5 Å². The Kier molecular flexibility index (Phi) is 4.41. The van der Waals surface area contributed by atoms with Crippen LogP contribution in [-0.2, 0) is 11.2 Å². The fourth-order valence-electron chi connectivity index (χ4n) is 2.78. The zero-order valence-electron chi connectivity index (χ0n) is 11.5. The van der Waals surface area contributed by atoms with Crippen molar-refractivity contribution in [3.63, 3.8) is 0 Å². The van der Waals surface area contributed by atoms with Crippen molar-refractivity contribution >= 4 is 0 Å². The molecule has 0 radical (unpaired) electrons. The Bertz CT molecular complexity index is 363. The third kappa shape index (κ3) is 2.93. The van der Waals surface area contributed by atoms with Gasteiger partial charge in [-0.3, -0.25) is 0 Å². The number of aliphatic hydroxyl groups is 1. The Hall–Kier alpha value is -0.860. The third-order valence-electron chi connectivity index (χ3n) is 4.35. The zero-order valence-corrected chi connectivity index (χ0v) is 11.5. The van der Waals surface area contributed by atoms with Gasteiger partial charge in [0.15, 0.2) is 0 Å².